The maximum Gasteiger partial charge on any atom is 0.315 e. The van der Waals surface area contributed by atoms with Crippen LogP contribution in [0.25, 0.3) is 0 Å². The molecule has 1 rings (SSSR count). The van der Waals surface area contributed by atoms with Gasteiger partial charge in [-0.1, -0.05) is 19.1 Å². The molecule has 1 unspecified atom stereocenters. The molecular weight excluding hydrogens is 246 g/mol. The number of carboxylic acids is 1. The number of hydrogen-bond donors (Lipinski definition) is 2. The molecule has 0 aliphatic carbocycles. The summed E-state index contributed by atoms with van der Waals surface area (Å²) < 4.78 is 5.22. The predicted molar refractivity (Wildman–Crippen MR) is 71.0 cm³/mol. The van der Waals surface area contributed by atoms with Crippen LogP contribution >= 0.6 is 0 Å². The van der Waals surface area contributed by atoms with Crippen LogP contribution < -0.4 is 10.1 Å². The molecule has 1 aromatic rings. The van der Waals surface area contributed by atoms with Gasteiger partial charge in [-0.2, -0.15) is 0 Å². The molecule has 0 aliphatic rings. The second-order valence-electron chi connectivity index (χ2n) is 4.28. The minimum Gasteiger partial charge on any atom is -0.496 e. The van der Waals surface area contributed by atoms with Crippen LogP contribution in [0.3, 0.4) is 0 Å². The summed E-state index contributed by atoms with van der Waals surface area (Å²) in [6, 6.07) is 5.65. The highest BCUT2D eigenvalue weighted by Gasteiger charge is 2.19. The van der Waals surface area contributed by atoms with Crippen LogP contribution in [0.5, 0.6) is 5.75 Å². The van der Waals surface area contributed by atoms with Crippen LogP contribution in [-0.2, 0) is 22.6 Å². The van der Waals surface area contributed by atoms with Crippen molar-refractivity contribution in [3.8, 4) is 5.75 Å². The van der Waals surface area contributed by atoms with Crippen molar-refractivity contribution in [2.24, 2.45) is 5.92 Å². The molecule has 0 aliphatic heterocycles. The number of amides is 1. The molecule has 0 bridgehead atoms. The molecule has 0 saturated carbocycles. The zero-order valence-electron chi connectivity index (χ0n) is 11.4. The van der Waals surface area contributed by atoms with Crippen molar-refractivity contribution in [3.63, 3.8) is 0 Å². The number of nitrogens with one attached hydrogen (secondary N) is 1. The van der Waals surface area contributed by atoms with Crippen LogP contribution in [0.15, 0.2) is 18.2 Å². The quantitative estimate of drug-likeness (QED) is 0.766. The number of rotatable bonds is 6. The third-order valence-corrected chi connectivity index (χ3v) is 2.96. The lowest BCUT2D eigenvalue weighted by atomic mass is 10.1. The van der Waals surface area contributed by atoms with E-state index >= 15 is 0 Å². The first-order valence-electron chi connectivity index (χ1n) is 6.15. The summed E-state index contributed by atoms with van der Waals surface area (Å²) in [7, 11) is 1.62. The van der Waals surface area contributed by atoms with Crippen LogP contribution in [0.1, 0.15) is 25.0 Å². The molecule has 1 amide bonds. The monoisotopic (exact) mass is 265 g/mol. The lowest BCUT2D eigenvalue weighted by Crippen LogP contribution is -2.33. The summed E-state index contributed by atoms with van der Waals surface area (Å²) in [5, 5.41) is 11.3. The van der Waals surface area contributed by atoms with Crippen molar-refractivity contribution in [1.82, 2.24) is 5.32 Å². The molecule has 1 atom stereocenters. The lowest BCUT2D eigenvalue weighted by Gasteiger charge is -2.11. The first-order valence-corrected chi connectivity index (χ1v) is 6.15. The van der Waals surface area contributed by atoms with Gasteiger partial charge in [-0.25, -0.2) is 0 Å². The lowest BCUT2D eigenvalue weighted by molar-refractivity contribution is -0.146. The first kappa shape index (κ1) is 15.0. The van der Waals surface area contributed by atoms with Gasteiger partial charge in [0.1, 0.15) is 11.7 Å². The fourth-order valence-corrected chi connectivity index (χ4v) is 1.67. The SMILES string of the molecule is CCc1cc(CNC(=O)C(C)C(=O)O)ccc1OC. The zero-order chi connectivity index (χ0) is 14.4. The van der Waals surface area contributed by atoms with Crippen LogP contribution in [0, 0.1) is 5.92 Å². The standard InChI is InChI=1S/C14H19NO4/c1-4-11-7-10(5-6-12(11)19-3)8-15-13(16)9(2)14(17)18/h5-7,9H,4,8H2,1-3H3,(H,15,16)(H,17,18). The Bertz CT molecular complexity index is 471. The van der Waals surface area contributed by atoms with Crippen molar-refractivity contribution >= 4 is 11.9 Å². The minimum absolute atomic E-state index is 0.313. The smallest absolute Gasteiger partial charge is 0.315 e. The Morgan fingerprint density at radius 3 is 2.63 bits per heavy atom. The summed E-state index contributed by atoms with van der Waals surface area (Å²) in [6.07, 6.45) is 0.830. The molecule has 104 valence electrons. The molecule has 0 aromatic heterocycles. The largest absolute Gasteiger partial charge is 0.496 e. The second-order valence-corrected chi connectivity index (χ2v) is 4.28. The minimum atomic E-state index is -1.12. The Labute approximate surface area is 112 Å². The van der Waals surface area contributed by atoms with Crippen LogP contribution in [-0.4, -0.2) is 24.1 Å². The number of methoxy groups -OCH3 is 1. The van der Waals surface area contributed by atoms with E-state index < -0.39 is 17.8 Å². The number of aliphatic carboxylic acids is 1. The van der Waals surface area contributed by atoms with Crippen molar-refractivity contribution in [2.75, 3.05) is 7.11 Å². The average Bonchev–Trinajstić information content (AvgIpc) is 2.43. The van der Waals surface area contributed by atoms with E-state index in [9.17, 15) is 9.59 Å². The summed E-state index contributed by atoms with van der Waals surface area (Å²) in [5.41, 5.74) is 1.98. The molecule has 19 heavy (non-hydrogen) atoms. The second kappa shape index (κ2) is 6.78. The summed E-state index contributed by atoms with van der Waals surface area (Å²) in [6.45, 7) is 3.70. The molecule has 5 heteroatoms. The Balaban J connectivity index is 2.68. The van der Waals surface area contributed by atoms with E-state index in [1.807, 2.05) is 25.1 Å². The van der Waals surface area contributed by atoms with Crippen molar-refractivity contribution in [3.05, 3.63) is 29.3 Å². The van der Waals surface area contributed by atoms with E-state index in [0.29, 0.717) is 6.54 Å². The molecule has 1 aromatic carbocycles. The fourth-order valence-electron chi connectivity index (χ4n) is 1.67. The first-order chi connectivity index (χ1) is 8.99. The van der Waals surface area contributed by atoms with Crippen molar-refractivity contribution in [1.29, 1.82) is 0 Å². The highest BCUT2D eigenvalue weighted by Crippen LogP contribution is 2.20. The van der Waals surface area contributed by atoms with Crippen molar-refractivity contribution in [2.45, 2.75) is 26.8 Å². The van der Waals surface area contributed by atoms with E-state index in [1.54, 1.807) is 7.11 Å². The highest BCUT2D eigenvalue weighted by atomic mass is 16.5. The maximum absolute atomic E-state index is 11.5. The number of carboxylic acid groups (broad SMARTS) is 1. The van der Waals surface area contributed by atoms with E-state index in [1.165, 1.54) is 6.92 Å². The Kier molecular flexibility index (Phi) is 5.36. The number of aryl methyl sites for hydroxylation is 1. The number of ether oxygens (including phenoxy) is 1. The van der Waals surface area contributed by atoms with Gasteiger partial charge in [-0.3, -0.25) is 9.59 Å². The number of hydrogen-bond acceptors (Lipinski definition) is 3. The topological polar surface area (TPSA) is 75.6 Å². The molecule has 0 fully saturated rings. The van der Waals surface area contributed by atoms with Crippen LogP contribution in [0.2, 0.25) is 0 Å². The van der Waals surface area contributed by atoms with Gasteiger partial charge in [0.15, 0.2) is 0 Å². The zero-order valence-corrected chi connectivity index (χ0v) is 11.4. The van der Waals surface area contributed by atoms with E-state index in [2.05, 4.69) is 5.32 Å². The normalized spacial score (nSPS) is 11.7. The third kappa shape index (κ3) is 3.98. The fraction of sp³-hybridized carbons (Fsp3) is 0.429. The van der Waals surface area contributed by atoms with E-state index in [-0.39, 0.29) is 0 Å². The predicted octanol–water partition coefficient (Wildman–Crippen LogP) is 1.59. The van der Waals surface area contributed by atoms with Gasteiger partial charge in [0, 0.05) is 6.54 Å². The molecule has 0 radical (unpaired) electrons. The summed E-state index contributed by atoms with van der Waals surface area (Å²) in [4.78, 5) is 22.2. The van der Waals surface area contributed by atoms with E-state index in [0.717, 1.165) is 23.3 Å². The highest BCUT2D eigenvalue weighted by molar-refractivity contribution is 5.96. The molecular formula is C14H19NO4. The Hall–Kier alpha value is -2.04. The number of carbonyl (C=O) groups is 2. The maximum atomic E-state index is 11.5. The van der Waals surface area contributed by atoms with Crippen LogP contribution in [0.4, 0.5) is 0 Å². The average molecular weight is 265 g/mol. The summed E-state index contributed by atoms with van der Waals surface area (Å²) >= 11 is 0. The van der Waals surface area contributed by atoms with E-state index in [4.69, 9.17) is 9.84 Å². The molecule has 0 saturated heterocycles. The van der Waals surface area contributed by atoms with Gasteiger partial charge in [-0.15, -0.1) is 0 Å². The molecule has 2 N–H and O–H groups in total. The van der Waals surface area contributed by atoms with Gasteiger partial charge in [0.2, 0.25) is 5.91 Å². The number of carbonyl (C=O) groups excluding carboxylic acids is 1. The van der Waals surface area contributed by atoms with Gasteiger partial charge in [0.05, 0.1) is 7.11 Å². The van der Waals surface area contributed by atoms with Gasteiger partial charge in [-0.05, 0) is 30.5 Å². The molecule has 0 spiro atoms. The Morgan fingerprint density at radius 2 is 2.11 bits per heavy atom. The Morgan fingerprint density at radius 1 is 1.42 bits per heavy atom. The molecule has 0 heterocycles. The van der Waals surface area contributed by atoms with Gasteiger partial charge >= 0.3 is 5.97 Å². The van der Waals surface area contributed by atoms with Gasteiger partial charge in [0.25, 0.3) is 0 Å². The summed E-state index contributed by atoms with van der Waals surface area (Å²) in [5.74, 6) is -1.83. The third-order valence-electron chi connectivity index (χ3n) is 2.96. The van der Waals surface area contributed by atoms with Crippen molar-refractivity contribution < 1.29 is 19.4 Å². The number of benzene rings is 1. The van der Waals surface area contributed by atoms with Gasteiger partial charge < -0.3 is 15.2 Å². The molecule has 5 nitrogen and oxygen atoms in total.